The van der Waals surface area contributed by atoms with Crippen LogP contribution < -0.4 is 5.32 Å². The van der Waals surface area contributed by atoms with Crippen LogP contribution in [0, 0.1) is 5.92 Å². The SMILES string of the molecule is ClCc1ccccc1NCC1CCC1. The Morgan fingerprint density at radius 1 is 1.29 bits per heavy atom. The summed E-state index contributed by atoms with van der Waals surface area (Å²) in [4.78, 5) is 0. The average Bonchev–Trinajstić information content (AvgIpc) is 2.16. The second kappa shape index (κ2) is 4.70. The molecule has 76 valence electrons. The summed E-state index contributed by atoms with van der Waals surface area (Å²) in [5.74, 6) is 1.48. The molecule has 1 aromatic carbocycles. The van der Waals surface area contributed by atoms with Crippen LogP contribution in [0.25, 0.3) is 0 Å². The monoisotopic (exact) mass is 209 g/mol. The maximum Gasteiger partial charge on any atom is 0.0494 e. The maximum atomic E-state index is 5.86. The second-order valence-electron chi connectivity index (χ2n) is 3.97. The Balaban J connectivity index is 1.93. The summed E-state index contributed by atoms with van der Waals surface area (Å²) in [5, 5.41) is 3.48. The largest absolute Gasteiger partial charge is 0.385 e. The Hall–Kier alpha value is -0.690. The minimum Gasteiger partial charge on any atom is -0.385 e. The number of benzene rings is 1. The number of para-hydroxylation sites is 1. The lowest BCUT2D eigenvalue weighted by Crippen LogP contribution is -2.21. The van der Waals surface area contributed by atoms with E-state index < -0.39 is 0 Å². The van der Waals surface area contributed by atoms with Crippen LogP contribution in [0.1, 0.15) is 24.8 Å². The van der Waals surface area contributed by atoms with Gasteiger partial charge in [0.1, 0.15) is 0 Å². The minimum atomic E-state index is 0.591. The Labute approximate surface area is 90.5 Å². The van der Waals surface area contributed by atoms with Crippen molar-refractivity contribution >= 4 is 17.3 Å². The van der Waals surface area contributed by atoms with E-state index in [0.717, 1.165) is 12.5 Å². The predicted octanol–water partition coefficient (Wildman–Crippen LogP) is 3.64. The third kappa shape index (κ3) is 2.21. The van der Waals surface area contributed by atoms with Gasteiger partial charge in [-0.05, 0) is 30.4 Å². The predicted molar refractivity (Wildman–Crippen MR) is 61.8 cm³/mol. The molecule has 0 atom stereocenters. The van der Waals surface area contributed by atoms with E-state index in [-0.39, 0.29) is 0 Å². The zero-order valence-electron chi connectivity index (χ0n) is 8.30. The van der Waals surface area contributed by atoms with Gasteiger partial charge in [0.05, 0.1) is 0 Å². The Morgan fingerprint density at radius 3 is 2.71 bits per heavy atom. The van der Waals surface area contributed by atoms with Crippen LogP contribution in [-0.4, -0.2) is 6.54 Å². The van der Waals surface area contributed by atoms with Crippen LogP contribution in [0.5, 0.6) is 0 Å². The number of anilines is 1. The minimum absolute atomic E-state index is 0.591. The number of nitrogens with one attached hydrogen (secondary N) is 1. The van der Waals surface area contributed by atoms with Gasteiger partial charge in [-0.25, -0.2) is 0 Å². The van der Waals surface area contributed by atoms with E-state index >= 15 is 0 Å². The summed E-state index contributed by atoms with van der Waals surface area (Å²) in [7, 11) is 0. The smallest absolute Gasteiger partial charge is 0.0494 e. The third-order valence-corrected chi connectivity index (χ3v) is 3.26. The van der Waals surface area contributed by atoms with Crippen molar-refractivity contribution < 1.29 is 0 Å². The molecule has 1 saturated carbocycles. The fourth-order valence-electron chi connectivity index (χ4n) is 1.76. The first-order chi connectivity index (χ1) is 6.90. The van der Waals surface area contributed by atoms with E-state index in [0.29, 0.717) is 5.88 Å². The van der Waals surface area contributed by atoms with Gasteiger partial charge in [-0.15, -0.1) is 11.6 Å². The molecule has 0 radical (unpaired) electrons. The van der Waals surface area contributed by atoms with Gasteiger partial charge in [0, 0.05) is 18.1 Å². The summed E-state index contributed by atoms with van der Waals surface area (Å²) in [6.45, 7) is 1.11. The van der Waals surface area contributed by atoms with Gasteiger partial charge in [0.25, 0.3) is 0 Å². The molecule has 0 aliphatic heterocycles. The molecule has 1 aliphatic carbocycles. The van der Waals surface area contributed by atoms with E-state index in [1.165, 1.54) is 30.5 Å². The molecule has 0 aromatic heterocycles. The van der Waals surface area contributed by atoms with Crippen molar-refractivity contribution in [3.63, 3.8) is 0 Å². The van der Waals surface area contributed by atoms with Crippen LogP contribution >= 0.6 is 11.6 Å². The van der Waals surface area contributed by atoms with Crippen molar-refractivity contribution in [3.8, 4) is 0 Å². The van der Waals surface area contributed by atoms with Crippen molar-refractivity contribution in [1.82, 2.24) is 0 Å². The molecule has 1 aromatic rings. The quantitative estimate of drug-likeness (QED) is 0.747. The lowest BCUT2D eigenvalue weighted by atomic mass is 9.85. The molecule has 1 aliphatic rings. The highest BCUT2D eigenvalue weighted by atomic mass is 35.5. The van der Waals surface area contributed by atoms with E-state index in [1.54, 1.807) is 0 Å². The molecule has 1 N–H and O–H groups in total. The van der Waals surface area contributed by atoms with Gasteiger partial charge >= 0.3 is 0 Å². The zero-order valence-corrected chi connectivity index (χ0v) is 9.06. The molecule has 0 heterocycles. The molecular formula is C12H16ClN. The van der Waals surface area contributed by atoms with Gasteiger partial charge in [-0.1, -0.05) is 24.6 Å². The molecule has 0 bridgehead atoms. The Bertz CT molecular complexity index is 294. The van der Waals surface area contributed by atoms with Crippen molar-refractivity contribution in [1.29, 1.82) is 0 Å². The molecule has 1 fully saturated rings. The molecule has 0 spiro atoms. The Morgan fingerprint density at radius 2 is 2.07 bits per heavy atom. The molecule has 2 heteroatoms. The van der Waals surface area contributed by atoms with Crippen molar-refractivity contribution in [3.05, 3.63) is 29.8 Å². The third-order valence-electron chi connectivity index (χ3n) is 2.97. The number of hydrogen-bond acceptors (Lipinski definition) is 1. The number of halogens is 1. The van der Waals surface area contributed by atoms with Gasteiger partial charge in [0.15, 0.2) is 0 Å². The standard InChI is InChI=1S/C12H16ClN/c13-8-11-6-1-2-7-12(11)14-9-10-4-3-5-10/h1-2,6-7,10,14H,3-5,8-9H2. The van der Waals surface area contributed by atoms with Crippen molar-refractivity contribution in [2.75, 3.05) is 11.9 Å². The van der Waals surface area contributed by atoms with Crippen LogP contribution in [0.2, 0.25) is 0 Å². The van der Waals surface area contributed by atoms with Crippen molar-refractivity contribution in [2.45, 2.75) is 25.1 Å². The summed E-state index contributed by atoms with van der Waals surface area (Å²) in [5.41, 5.74) is 2.41. The highest BCUT2D eigenvalue weighted by molar-refractivity contribution is 6.17. The molecule has 0 amide bonds. The normalized spacial score (nSPS) is 16.4. The summed E-state index contributed by atoms with van der Waals surface area (Å²) < 4.78 is 0. The number of rotatable bonds is 4. The van der Waals surface area contributed by atoms with E-state index in [9.17, 15) is 0 Å². The van der Waals surface area contributed by atoms with Gasteiger partial charge in [-0.2, -0.15) is 0 Å². The first-order valence-electron chi connectivity index (χ1n) is 5.28. The number of alkyl halides is 1. The second-order valence-corrected chi connectivity index (χ2v) is 4.24. The van der Waals surface area contributed by atoms with Gasteiger partial charge in [-0.3, -0.25) is 0 Å². The highest BCUT2D eigenvalue weighted by Crippen LogP contribution is 2.27. The zero-order chi connectivity index (χ0) is 9.80. The number of hydrogen-bond donors (Lipinski definition) is 1. The first kappa shape index (κ1) is 9.85. The van der Waals surface area contributed by atoms with Crippen LogP contribution in [0.4, 0.5) is 5.69 Å². The van der Waals surface area contributed by atoms with Crippen LogP contribution in [-0.2, 0) is 5.88 Å². The highest BCUT2D eigenvalue weighted by Gasteiger charge is 2.16. The fourth-order valence-corrected chi connectivity index (χ4v) is 1.99. The van der Waals surface area contributed by atoms with Crippen molar-refractivity contribution in [2.24, 2.45) is 5.92 Å². The maximum absolute atomic E-state index is 5.86. The summed E-state index contributed by atoms with van der Waals surface area (Å²) in [6, 6.07) is 8.28. The van der Waals surface area contributed by atoms with E-state index in [4.69, 9.17) is 11.6 Å². The molecule has 0 saturated heterocycles. The molecule has 14 heavy (non-hydrogen) atoms. The molecule has 1 nitrogen and oxygen atoms in total. The molecule has 2 rings (SSSR count). The average molecular weight is 210 g/mol. The molecular weight excluding hydrogens is 194 g/mol. The Kier molecular flexibility index (Phi) is 3.30. The lowest BCUT2D eigenvalue weighted by molar-refractivity contribution is 0.333. The van der Waals surface area contributed by atoms with Crippen LogP contribution in [0.3, 0.4) is 0 Å². The van der Waals surface area contributed by atoms with E-state index in [1.807, 2.05) is 6.07 Å². The van der Waals surface area contributed by atoms with Gasteiger partial charge in [0.2, 0.25) is 0 Å². The van der Waals surface area contributed by atoms with E-state index in [2.05, 4.69) is 23.5 Å². The molecule has 0 unspecified atom stereocenters. The summed E-state index contributed by atoms with van der Waals surface area (Å²) >= 11 is 5.86. The topological polar surface area (TPSA) is 12.0 Å². The summed E-state index contributed by atoms with van der Waals surface area (Å²) in [6.07, 6.45) is 4.18. The lowest BCUT2D eigenvalue weighted by Gasteiger charge is -2.26. The first-order valence-corrected chi connectivity index (χ1v) is 5.81. The fraction of sp³-hybridized carbons (Fsp3) is 0.500. The van der Waals surface area contributed by atoms with Gasteiger partial charge < -0.3 is 5.32 Å². The van der Waals surface area contributed by atoms with Crippen LogP contribution in [0.15, 0.2) is 24.3 Å².